The molecule has 0 saturated heterocycles. The van der Waals surface area contributed by atoms with Gasteiger partial charge in [-0.2, -0.15) is 0 Å². The number of aliphatic hydroxyl groups is 1. The van der Waals surface area contributed by atoms with Crippen molar-refractivity contribution in [3.63, 3.8) is 0 Å². The SMILES string of the molecule is CCCC(C)(O)CNCc1ccc2c(c1)CCC2. The summed E-state index contributed by atoms with van der Waals surface area (Å²) in [5.74, 6) is 0. The molecule has 0 aliphatic heterocycles. The highest BCUT2D eigenvalue weighted by Gasteiger charge is 2.18. The van der Waals surface area contributed by atoms with E-state index in [9.17, 15) is 5.11 Å². The highest BCUT2D eigenvalue weighted by atomic mass is 16.3. The monoisotopic (exact) mass is 247 g/mol. The van der Waals surface area contributed by atoms with Gasteiger partial charge in [-0.05, 0) is 49.3 Å². The standard InChI is InChI=1S/C16H25NO/c1-3-9-16(2,18)12-17-11-13-7-8-14-5-4-6-15(14)10-13/h7-8,10,17-18H,3-6,9,11-12H2,1-2H3. The minimum Gasteiger partial charge on any atom is -0.389 e. The Morgan fingerprint density at radius 2 is 2.06 bits per heavy atom. The number of hydrogen-bond donors (Lipinski definition) is 2. The molecule has 1 aliphatic rings. The first kappa shape index (κ1) is 13.6. The van der Waals surface area contributed by atoms with Crippen molar-refractivity contribution in [2.45, 2.75) is 58.1 Å². The third-order valence-corrected chi connectivity index (χ3v) is 3.79. The predicted molar refractivity (Wildman–Crippen MR) is 75.7 cm³/mol. The highest BCUT2D eigenvalue weighted by Crippen LogP contribution is 2.22. The second kappa shape index (κ2) is 5.85. The number of rotatable bonds is 6. The molecule has 1 aromatic carbocycles. The first-order valence-electron chi connectivity index (χ1n) is 7.14. The van der Waals surface area contributed by atoms with E-state index in [1.54, 1.807) is 0 Å². The van der Waals surface area contributed by atoms with Gasteiger partial charge in [0.05, 0.1) is 5.60 Å². The van der Waals surface area contributed by atoms with Gasteiger partial charge in [0, 0.05) is 13.1 Å². The van der Waals surface area contributed by atoms with E-state index in [1.807, 2.05) is 6.92 Å². The molecule has 18 heavy (non-hydrogen) atoms. The van der Waals surface area contributed by atoms with Gasteiger partial charge in [-0.1, -0.05) is 31.5 Å². The molecule has 2 rings (SSSR count). The fraction of sp³-hybridized carbons (Fsp3) is 0.625. The van der Waals surface area contributed by atoms with Crippen molar-refractivity contribution in [2.24, 2.45) is 0 Å². The fourth-order valence-electron chi connectivity index (χ4n) is 2.84. The molecule has 100 valence electrons. The van der Waals surface area contributed by atoms with Crippen LogP contribution in [0.2, 0.25) is 0 Å². The summed E-state index contributed by atoms with van der Waals surface area (Å²) in [6.45, 7) is 5.53. The van der Waals surface area contributed by atoms with Crippen LogP contribution >= 0.6 is 0 Å². The molecule has 1 atom stereocenters. The van der Waals surface area contributed by atoms with Crippen LogP contribution in [0.3, 0.4) is 0 Å². The number of benzene rings is 1. The van der Waals surface area contributed by atoms with Crippen molar-refractivity contribution in [1.82, 2.24) is 5.32 Å². The van der Waals surface area contributed by atoms with Gasteiger partial charge < -0.3 is 10.4 Å². The Hall–Kier alpha value is -0.860. The molecule has 0 spiro atoms. The Balaban J connectivity index is 1.84. The molecule has 1 aromatic rings. The van der Waals surface area contributed by atoms with Crippen molar-refractivity contribution in [3.8, 4) is 0 Å². The molecule has 2 N–H and O–H groups in total. The number of hydrogen-bond acceptors (Lipinski definition) is 2. The van der Waals surface area contributed by atoms with Crippen LogP contribution in [0.1, 0.15) is 49.8 Å². The maximum absolute atomic E-state index is 10.1. The molecule has 0 heterocycles. The summed E-state index contributed by atoms with van der Waals surface area (Å²) in [5.41, 5.74) is 3.81. The van der Waals surface area contributed by atoms with Crippen molar-refractivity contribution in [2.75, 3.05) is 6.54 Å². The zero-order valence-corrected chi connectivity index (χ0v) is 11.6. The van der Waals surface area contributed by atoms with Gasteiger partial charge >= 0.3 is 0 Å². The lowest BCUT2D eigenvalue weighted by atomic mass is 10.0. The molecule has 2 nitrogen and oxygen atoms in total. The van der Waals surface area contributed by atoms with E-state index in [4.69, 9.17) is 0 Å². The average Bonchev–Trinajstić information content (AvgIpc) is 2.75. The van der Waals surface area contributed by atoms with Crippen LogP contribution in [0.4, 0.5) is 0 Å². The third-order valence-electron chi connectivity index (χ3n) is 3.79. The quantitative estimate of drug-likeness (QED) is 0.810. The molecule has 0 fully saturated rings. The summed E-state index contributed by atoms with van der Waals surface area (Å²) in [7, 11) is 0. The van der Waals surface area contributed by atoms with Crippen LogP contribution in [0.15, 0.2) is 18.2 Å². The predicted octanol–water partition coefficient (Wildman–Crippen LogP) is 2.82. The molecule has 0 saturated carbocycles. The summed E-state index contributed by atoms with van der Waals surface area (Å²) >= 11 is 0. The maximum atomic E-state index is 10.1. The molecule has 0 radical (unpaired) electrons. The van der Waals surface area contributed by atoms with E-state index < -0.39 is 5.60 Å². The van der Waals surface area contributed by atoms with Gasteiger partial charge in [0.2, 0.25) is 0 Å². The topological polar surface area (TPSA) is 32.3 Å². The normalized spacial score (nSPS) is 17.5. The zero-order valence-electron chi connectivity index (χ0n) is 11.6. The van der Waals surface area contributed by atoms with Gasteiger partial charge in [-0.3, -0.25) is 0 Å². The van der Waals surface area contributed by atoms with Gasteiger partial charge in [-0.25, -0.2) is 0 Å². The lowest BCUT2D eigenvalue weighted by Gasteiger charge is -2.23. The summed E-state index contributed by atoms with van der Waals surface area (Å²) in [6, 6.07) is 6.80. The molecule has 1 unspecified atom stereocenters. The average molecular weight is 247 g/mol. The first-order chi connectivity index (χ1) is 8.61. The molecule has 1 aliphatic carbocycles. The van der Waals surface area contributed by atoms with Crippen molar-refractivity contribution < 1.29 is 5.11 Å². The van der Waals surface area contributed by atoms with E-state index in [-0.39, 0.29) is 0 Å². The van der Waals surface area contributed by atoms with Crippen LogP contribution in [-0.2, 0) is 19.4 Å². The second-order valence-corrected chi connectivity index (χ2v) is 5.81. The lowest BCUT2D eigenvalue weighted by molar-refractivity contribution is 0.0498. The minimum atomic E-state index is -0.578. The lowest BCUT2D eigenvalue weighted by Crippen LogP contribution is -2.37. The second-order valence-electron chi connectivity index (χ2n) is 5.81. The van der Waals surface area contributed by atoms with Crippen molar-refractivity contribution in [1.29, 1.82) is 0 Å². The van der Waals surface area contributed by atoms with Crippen LogP contribution in [0.25, 0.3) is 0 Å². The van der Waals surface area contributed by atoms with Crippen LogP contribution in [-0.4, -0.2) is 17.3 Å². The van der Waals surface area contributed by atoms with E-state index >= 15 is 0 Å². The van der Waals surface area contributed by atoms with Crippen LogP contribution in [0, 0.1) is 0 Å². The summed E-state index contributed by atoms with van der Waals surface area (Å²) in [6.07, 6.45) is 5.65. The van der Waals surface area contributed by atoms with Gasteiger partial charge in [-0.15, -0.1) is 0 Å². The summed E-state index contributed by atoms with van der Waals surface area (Å²) in [4.78, 5) is 0. The first-order valence-corrected chi connectivity index (χ1v) is 7.14. The fourth-order valence-corrected chi connectivity index (χ4v) is 2.84. The number of fused-ring (bicyclic) bond motifs is 1. The molecular formula is C16H25NO. The summed E-state index contributed by atoms with van der Waals surface area (Å²) < 4.78 is 0. The van der Waals surface area contributed by atoms with Gasteiger partial charge in [0.1, 0.15) is 0 Å². The van der Waals surface area contributed by atoms with E-state index in [0.717, 1.165) is 19.4 Å². The van der Waals surface area contributed by atoms with Crippen LogP contribution in [0.5, 0.6) is 0 Å². The van der Waals surface area contributed by atoms with E-state index in [0.29, 0.717) is 6.54 Å². The third kappa shape index (κ3) is 3.56. The molecule has 0 bridgehead atoms. The smallest absolute Gasteiger partial charge is 0.0743 e. The number of aryl methyl sites for hydroxylation is 2. The summed E-state index contributed by atoms with van der Waals surface area (Å²) in [5, 5.41) is 13.5. The van der Waals surface area contributed by atoms with E-state index in [2.05, 4.69) is 30.4 Å². The van der Waals surface area contributed by atoms with Crippen molar-refractivity contribution in [3.05, 3.63) is 34.9 Å². The Labute approximate surface area is 110 Å². The Morgan fingerprint density at radius 1 is 1.28 bits per heavy atom. The minimum absolute atomic E-state index is 0.578. The Kier molecular flexibility index (Phi) is 4.41. The number of nitrogens with one attached hydrogen (secondary N) is 1. The maximum Gasteiger partial charge on any atom is 0.0743 e. The molecule has 0 amide bonds. The molecule has 2 heteroatoms. The largest absolute Gasteiger partial charge is 0.389 e. The van der Waals surface area contributed by atoms with E-state index in [1.165, 1.54) is 36.0 Å². The molecule has 0 aromatic heterocycles. The molecular weight excluding hydrogens is 222 g/mol. The Bertz CT molecular complexity index is 398. The van der Waals surface area contributed by atoms with Gasteiger partial charge in [0.15, 0.2) is 0 Å². The van der Waals surface area contributed by atoms with Gasteiger partial charge in [0.25, 0.3) is 0 Å². The van der Waals surface area contributed by atoms with Crippen LogP contribution < -0.4 is 5.32 Å². The Morgan fingerprint density at radius 3 is 2.83 bits per heavy atom. The zero-order chi connectivity index (χ0) is 13.0. The highest BCUT2D eigenvalue weighted by molar-refractivity contribution is 5.35. The van der Waals surface area contributed by atoms with Crippen molar-refractivity contribution >= 4 is 0 Å².